The first-order valence-electron chi connectivity index (χ1n) is 5.26. The normalized spacial score (nSPS) is 12.2. The van der Waals surface area contributed by atoms with Gasteiger partial charge in [-0.15, -0.1) is 0 Å². The van der Waals surface area contributed by atoms with Gasteiger partial charge in [-0.25, -0.2) is 13.1 Å². The molecule has 0 radical (unpaired) electrons. The Hall–Kier alpha value is -1.12. The summed E-state index contributed by atoms with van der Waals surface area (Å²) in [4.78, 5) is 2.03. The van der Waals surface area contributed by atoms with E-state index in [0.29, 0.717) is 6.54 Å². The van der Waals surface area contributed by atoms with E-state index in [9.17, 15) is 8.42 Å². The van der Waals surface area contributed by atoms with Crippen molar-refractivity contribution in [3.8, 4) is 0 Å². The third-order valence-corrected chi connectivity index (χ3v) is 3.66. The number of sulfonamides is 1. The molecule has 0 aromatic carbocycles. The highest BCUT2D eigenvalue weighted by molar-refractivity contribution is 7.89. The number of nitrogens with one attached hydrogen (secondary N) is 1. The second kappa shape index (κ2) is 5.48. The highest BCUT2D eigenvalue weighted by Crippen LogP contribution is 2.14. The maximum Gasteiger partial charge on any atom is 0.245 e. The van der Waals surface area contributed by atoms with Crippen LogP contribution in [0.4, 0.5) is 5.82 Å². The van der Waals surface area contributed by atoms with Crippen molar-refractivity contribution in [2.75, 3.05) is 32.9 Å². The lowest BCUT2D eigenvalue weighted by Gasteiger charge is -2.09. The van der Waals surface area contributed by atoms with Crippen LogP contribution in [0.3, 0.4) is 0 Å². The molecule has 0 aliphatic carbocycles. The number of hydrogen-bond donors (Lipinski definition) is 2. The van der Waals surface area contributed by atoms with E-state index < -0.39 is 10.0 Å². The van der Waals surface area contributed by atoms with E-state index in [1.807, 2.05) is 19.0 Å². The van der Waals surface area contributed by atoms with Gasteiger partial charge >= 0.3 is 0 Å². The molecule has 8 heteroatoms. The maximum atomic E-state index is 11.9. The minimum Gasteiger partial charge on any atom is -0.381 e. The van der Waals surface area contributed by atoms with E-state index in [2.05, 4.69) is 9.82 Å². The average molecular weight is 261 g/mol. The van der Waals surface area contributed by atoms with E-state index in [4.69, 9.17) is 5.73 Å². The third-order valence-electron chi connectivity index (χ3n) is 2.19. The second-order valence-electron chi connectivity index (χ2n) is 4.11. The van der Waals surface area contributed by atoms with Gasteiger partial charge in [0.05, 0.1) is 0 Å². The molecule has 0 amide bonds. The molecule has 0 bridgehead atoms. The minimum atomic E-state index is -3.54. The SMILES string of the molecule is CN(C)CCCNS(=O)(=O)c1cn(C)nc1N. The molecule has 98 valence electrons. The highest BCUT2D eigenvalue weighted by Gasteiger charge is 2.19. The van der Waals surface area contributed by atoms with Crippen molar-refractivity contribution in [1.29, 1.82) is 0 Å². The predicted octanol–water partition coefficient (Wildman–Crippen LogP) is -0.768. The molecule has 0 saturated carbocycles. The van der Waals surface area contributed by atoms with Crippen LogP contribution in [0, 0.1) is 0 Å². The number of nitrogens with two attached hydrogens (primary N) is 1. The summed E-state index contributed by atoms with van der Waals surface area (Å²) < 4.78 is 27.6. The Morgan fingerprint density at radius 1 is 1.53 bits per heavy atom. The number of rotatable bonds is 6. The molecular weight excluding hydrogens is 242 g/mol. The first-order valence-corrected chi connectivity index (χ1v) is 6.75. The van der Waals surface area contributed by atoms with Gasteiger partial charge in [0, 0.05) is 19.8 Å². The van der Waals surface area contributed by atoms with Crippen molar-refractivity contribution in [1.82, 2.24) is 19.4 Å². The number of hydrogen-bond acceptors (Lipinski definition) is 5. The topological polar surface area (TPSA) is 93.2 Å². The summed E-state index contributed by atoms with van der Waals surface area (Å²) in [5, 5.41) is 3.80. The summed E-state index contributed by atoms with van der Waals surface area (Å²) >= 11 is 0. The second-order valence-corrected chi connectivity index (χ2v) is 5.84. The Balaban J connectivity index is 2.60. The molecule has 1 aromatic heterocycles. The lowest BCUT2D eigenvalue weighted by molar-refractivity contribution is 0.400. The van der Waals surface area contributed by atoms with Gasteiger partial charge in [0.25, 0.3) is 0 Å². The van der Waals surface area contributed by atoms with Crippen LogP contribution < -0.4 is 10.5 Å². The monoisotopic (exact) mass is 261 g/mol. The molecule has 17 heavy (non-hydrogen) atoms. The molecule has 0 fully saturated rings. The van der Waals surface area contributed by atoms with Crippen LogP contribution in [0.15, 0.2) is 11.1 Å². The fraction of sp³-hybridized carbons (Fsp3) is 0.667. The largest absolute Gasteiger partial charge is 0.381 e. The Kier molecular flexibility index (Phi) is 4.49. The zero-order valence-corrected chi connectivity index (χ0v) is 11.2. The Labute approximate surface area is 102 Å². The van der Waals surface area contributed by atoms with Crippen LogP contribution in [0.2, 0.25) is 0 Å². The number of anilines is 1. The molecule has 0 unspecified atom stereocenters. The van der Waals surface area contributed by atoms with Gasteiger partial charge in [-0.05, 0) is 27.1 Å². The quantitative estimate of drug-likeness (QED) is 0.656. The summed E-state index contributed by atoms with van der Waals surface area (Å²) in [7, 11) is 1.96. The van der Waals surface area contributed by atoms with Gasteiger partial charge < -0.3 is 10.6 Å². The number of aromatic nitrogens is 2. The molecule has 1 rings (SSSR count). The molecule has 1 heterocycles. The fourth-order valence-corrected chi connectivity index (χ4v) is 2.55. The van der Waals surface area contributed by atoms with Crippen LogP contribution in [-0.4, -0.2) is 50.3 Å². The van der Waals surface area contributed by atoms with Crippen molar-refractivity contribution in [3.05, 3.63) is 6.20 Å². The highest BCUT2D eigenvalue weighted by atomic mass is 32.2. The molecular formula is C9H19N5O2S. The molecule has 0 saturated heterocycles. The predicted molar refractivity (Wildman–Crippen MR) is 66.0 cm³/mol. The minimum absolute atomic E-state index is 0.0209. The average Bonchev–Trinajstić information content (AvgIpc) is 2.53. The fourth-order valence-electron chi connectivity index (χ4n) is 1.37. The lowest BCUT2D eigenvalue weighted by Crippen LogP contribution is -2.27. The molecule has 0 aliphatic heterocycles. The molecule has 0 aliphatic rings. The summed E-state index contributed by atoms with van der Waals surface area (Å²) in [5.41, 5.74) is 5.52. The molecule has 7 nitrogen and oxygen atoms in total. The number of nitrogens with zero attached hydrogens (tertiary/aromatic N) is 3. The lowest BCUT2D eigenvalue weighted by atomic mass is 10.4. The van der Waals surface area contributed by atoms with Crippen molar-refractivity contribution < 1.29 is 8.42 Å². The van der Waals surface area contributed by atoms with Crippen LogP contribution in [0.25, 0.3) is 0 Å². The zero-order chi connectivity index (χ0) is 13.1. The Bertz CT molecular complexity index is 466. The van der Waals surface area contributed by atoms with Crippen LogP contribution in [-0.2, 0) is 17.1 Å². The summed E-state index contributed by atoms with van der Waals surface area (Å²) in [5.74, 6) is 0.0209. The van der Waals surface area contributed by atoms with Crippen molar-refractivity contribution >= 4 is 15.8 Å². The molecule has 0 atom stereocenters. The molecule has 0 spiro atoms. The van der Waals surface area contributed by atoms with Gasteiger partial charge in [-0.3, -0.25) is 4.68 Å². The summed E-state index contributed by atoms with van der Waals surface area (Å²) in [6, 6.07) is 0. The van der Waals surface area contributed by atoms with E-state index in [-0.39, 0.29) is 10.7 Å². The first kappa shape index (κ1) is 13.9. The third kappa shape index (κ3) is 3.99. The van der Waals surface area contributed by atoms with Crippen LogP contribution in [0.5, 0.6) is 0 Å². The van der Waals surface area contributed by atoms with Gasteiger partial charge in [0.1, 0.15) is 4.90 Å². The van der Waals surface area contributed by atoms with Crippen molar-refractivity contribution in [2.45, 2.75) is 11.3 Å². The Morgan fingerprint density at radius 3 is 2.65 bits per heavy atom. The van der Waals surface area contributed by atoms with E-state index >= 15 is 0 Å². The van der Waals surface area contributed by atoms with Crippen molar-refractivity contribution in [2.24, 2.45) is 7.05 Å². The van der Waals surface area contributed by atoms with Crippen LogP contribution in [0.1, 0.15) is 6.42 Å². The smallest absolute Gasteiger partial charge is 0.245 e. The molecule has 3 N–H and O–H groups in total. The zero-order valence-electron chi connectivity index (χ0n) is 10.3. The van der Waals surface area contributed by atoms with Gasteiger partial charge in [0.15, 0.2) is 5.82 Å². The summed E-state index contributed by atoms with van der Waals surface area (Å²) in [6.45, 7) is 1.21. The Morgan fingerprint density at radius 2 is 2.18 bits per heavy atom. The van der Waals surface area contributed by atoms with Gasteiger partial charge in [0.2, 0.25) is 10.0 Å². The first-order chi connectivity index (χ1) is 7.83. The van der Waals surface area contributed by atoms with Crippen molar-refractivity contribution in [3.63, 3.8) is 0 Å². The maximum absolute atomic E-state index is 11.9. The molecule has 1 aromatic rings. The van der Waals surface area contributed by atoms with Gasteiger partial charge in [-0.2, -0.15) is 5.10 Å². The van der Waals surface area contributed by atoms with E-state index in [0.717, 1.165) is 13.0 Å². The summed E-state index contributed by atoms with van der Waals surface area (Å²) in [6.07, 6.45) is 2.13. The number of aryl methyl sites for hydroxylation is 1. The number of nitrogen functional groups attached to an aromatic ring is 1. The van der Waals surface area contributed by atoms with E-state index in [1.54, 1.807) is 7.05 Å². The van der Waals surface area contributed by atoms with E-state index in [1.165, 1.54) is 10.9 Å². The van der Waals surface area contributed by atoms with Crippen LogP contribution >= 0.6 is 0 Å². The standard InChI is InChI=1S/C9H19N5O2S/c1-13(2)6-4-5-11-17(15,16)8-7-14(3)12-9(8)10/h7,11H,4-6H2,1-3H3,(H2,10,12). The van der Waals surface area contributed by atoms with Gasteiger partial charge in [-0.1, -0.05) is 0 Å².